The number of fused-ring (bicyclic) bond motifs is 14. The zero-order valence-electron chi connectivity index (χ0n) is 37.4. The molecule has 0 aliphatic carbocycles. The van der Waals surface area contributed by atoms with E-state index in [9.17, 15) is 0 Å². The van der Waals surface area contributed by atoms with E-state index in [2.05, 4.69) is 233 Å². The fraction of sp³-hybridized carbons (Fsp3) is 0.138. The number of para-hydroxylation sites is 4. The first-order valence-corrected chi connectivity index (χ1v) is 24.5. The van der Waals surface area contributed by atoms with Crippen molar-refractivity contribution in [2.45, 2.75) is 52.4 Å². The second kappa shape index (κ2) is 14.3. The van der Waals surface area contributed by atoms with Gasteiger partial charge in [-0.3, -0.25) is 0 Å². The third-order valence-electron chi connectivity index (χ3n) is 13.1. The predicted molar refractivity (Wildman–Crippen MR) is 270 cm³/mol. The van der Waals surface area contributed by atoms with Gasteiger partial charge in [0.2, 0.25) is 11.8 Å². The van der Waals surface area contributed by atoms with Crippen LogP contribution >= 0.6 is 0 Å². The zero-order valence-corrected chi connectivity index (χ0v) is 38.4. The van der Waals surface area contributed by atoms with Crippen LogP contribution in [-0.2, 0) is 10.8 Å². The standard InChI is InChI=1S/C58H48N4O2Si/c1-57(2,3)55-59-51-43(61(37-23-11-7-12-24-37)38-25-13-8-14-26-38)35-47-49(53(51)63-55)50-48(65(47)45-33-21-19-31-41(45)42-32-20-22-34-46(42)65)36-44(52-54(50)64-56(60-52)58(4,5)6)62(39-27-15-9-16-28-39)40-29-17-10-18-30-40/h7-36H,1-6H3. The van der Waals surface area contributed by atoms with Gasteiger partial charge in [0.15, 0.2) is 19.2 Å². The molecule has 0 amide bonds. The molecule has 65 heavy (non-hydrogen) atoms. The van der Waals surface area contributed by atoms with E-state index in [1.165, 1.54) is 31.9 Å². The fourth-order valence-corrected chi connectivity index (χ4v) is 15.9. The van der Waals surface area contributed by atoms with Crippen LogP contribution in [0.25, 0.3) is 44.5 Å². The molecule has 0 saturated carbocycles. The summed E-state index contributed by atoms with van der Waals surface area (Å²) in [6, 6.07) is 65.7. The fourth-order valence-electron chi connectivity index (χ4n) is 10.3. The Morgan fingerprint density at radius 3 is 1.02 bits per heavy atom. The summed E-state index contributed by atoms with van der Waals surface area (Å²) in [5, 5.41) is 5.19. The molecule has 0 N–H and O–H groups in total. The number of benzene rings is 8. The van der Waals surface area contributed by atoms with Crippen molar-refractivity contribution in [1.82, 2.24) is 9.97 Å². The lowest BCUT2D eigenvalue weighted by Crippen LogP contribution is -2.70. The molecule has 2 aromatic heterocycles. The van der Waals surface area contributed by atoms with Crippen LogP contribution in [-0.4, -0.2) is 18.0 Å². The molecule has 8 aromatic carbocycles. The molecule has 0 fully saturated rings. The van der Waals surface area contributed by atoms with E-state index < -0.39 is 8.07 Å². The summed E-state index contributed by atoms with van der Waals surface area (Å²) >= 11 is 0. The van der Waals surface area contributed by atoms with Crippen LogP contribution in [0.15, 0.2) is 191 Å². The van der Waals surface area contributed by atoms with Gasteiger partial charge in [-0.1, -0.05) is 163 Å². The lowest BCUT2D eigenvalue weighted by molar-refractivity contribution is 0.410. The molecule has 0 radical (unpaired) electrons. The van der Waals surface area contributed by atoms with E-state index in [0.29, 0.717) is 11.8 Å². The molecular weight excluding hydrogens is 813 g/mol. The Morgan fingerprint density at radius 1 is 0.385 bits per heavy atom. The maximum atomic E-state index is 7.32. The maximum absolute atomic E-state index is 7.32. The lowest BCUT2D eigenvalue weighted by Gasteiger charge is -2.31. The Hall–Kier alpha value is -7.48. The first-order valence-electron chi connectivity index (χ1n) is 22.5. The Morgan fingerprint density at radius 2 is 0.692 bits per heavy atom. The van der Waals surface area contributed by atoms with Crippen LogP contribution in [0.4, 0.5) is 34.1 Å². The van der Waals surface area contributed by atoms with E-state index in [1.807, 2.05) is 0 Å². The Kier molecular flexibility index (Phi) is 8.59. The second-order valence-corrected chi connectivity index (χ2v) is 23.0. The summed E-state index contributed by atoms with van der Waals surface area (Å²) < 4.78 is 14.6. The molecule has 10 aromatic rings. The van der Waals surface area contributed by atoms with E-state index in [4.69, 9.17) is 18.8 Å². The van der Waals surface area contributed by atoms with Crippen molar-refractivity contribution < 1.29 is 8.83 Å². The topological polar surface area (TPSA) is 58.5 Å². The second-order valence-electron chi connectivity index (χ2n) is 19.4. The third-order valence-corrected chi connectivity index (χ3v) is 18.0. The van der Waals surface area contributed by atoms with E-state index in [-0.39, 0.29) is 10.8 Å². The molecule has 0 bridgehead atoms. The number of aromatic nitrogens is 2. The molecule has 4 heterocycles. The summed E-state index contributed by atoms with van der Waals surface area (Å²) in [7, 11) is -3.25. The number of nitrogens with zero attached hydrogens (tertiary/aromatic N) is 4. The smallest absolute Gasteiger partial charge is 0.200 e. The molecule has 1 spiro atoms. The minimum atomic E-state index is -3.25. The van der Waals surface area contributed by atoms with Crippen molar-refractivity contribution in [3.05, 3.63) is 194 Å². The number of rotatable bonds is 6. The van der Waals surface area contributed by atoms with Crippen LogP contribution < -0.4 is 30.5 Å². The van der Waals surface area contributed by atoms with Crippen LogP contribution in [0, 0.1) is 0 Å². The monoisotopic (exact) mass is 860 g/mol. The average Bonchev–Trinajstić information content (AvgIpc) is 4.10. The molecule has 316 valence electrons. The van der Waals surface area contributed by atoms with E-state index in [0.717, 1.165) is 67.5 Å². The Bertz CT molecular complexity index is 3150. The highest BCUT2D eigenvalue weighted by Gasteiger charge is 2.57. The van der Waals surface area contributed by atoms with Gasteiger partial charge >= 0.3 is 0 Å². The van der Waals surface area contributed by atoms with Gasteiger partial charge in [-0.15, -0.1) is 0 Å². The van der Waals surface area contributed by atoms with Gasteiger partial charge in [-0.2, -0.15) is 0 Å². The average molecular weight is 861 g/mol. The Labute approximate surface area is 380 Å². The van der Waals surface area contributed by atoms with Crippen LogP contribution in [0.2, 0.25) is 0 Å². The summed E-state index contributed by atoms with van der Waals surface area (Å²) in [5.41, 5.74) is 13.1. The molecule has 7 heteroatoms. The molecule has 0 atom stereocenters. The minimum absolute atomic E-state index is 0.382. The van der Waals surface area contributed by atoms with E-state index in [1.54, 1.807) is 0 Å². The molecule has 12 rings (SSSR count). The Balaban J connectivity index is 1.31. The normalized spacial score (nSPS) is 13.5. The summed E-state index contributed by atoms with van der Waals surface area (Å²) in [6.07, 6.45) is 0. The summed E-state index contributed by atoms with van der Waals surface area (Å²) in [4.78, 5) is 15.7. The first kappa shape index (κ1) is 39.1. The van der Waals surface area contributed by atoms with Crippen molar-refractivity contribution in [2.24, 2.45) is 0 Å². The third kappa shape index (κ3) is 5.78. The summed E-state index contributed by atoms with van der Waals surface area (Å²) in [6.45, 7) is 13.1. The highest BCUT2D eigenvalue weighted by molar-refractivity contribution is 7.24. The van der Waals surface area contributed by atoms with Gasteiger partial charge in [0, 0.05) is 44.7 Å². The molecule has 0 unspecified atom stereocenters. The lowest BCUT2D eigenvalue weighted by atomic mass is 9.97. The number of oxazole rings is 2. The number of hydrogen-bond donors (Lipinski definition) is 0. The van der Waals surface area contributed by atoms with Gasteiger partial charge in [-0.25, -0.2) is 9.97 Å². The van der Waals surface area contributed by atoms with Gasteiger partial charge < -0.3 is 18.6 Å². The van der Waals surface area contributed by atoms with Gasteiger partial charge in [0.05, 0.1) is 11.4 Å². The molecule has 2 aliphatic rings. The highest BCUT2D eigenvalue weighted by Crippen LogP contribution is 2.50. The molecular formula is C58H48N4O2Si. The summed E-state index contributed by atoms with van der Waals surface area (Å²) in [5.74, 6) is 1.36. The van der Waals surface area contributed by atoms with Crippen LogP contribution in [0.1, 0.15) is 53.3 Å². The van der Waals surface area contributed by atoms with Crippen molar-refractivity contribution in [1.29, 1.82) is 0 Å². The zero-order chi connectivity index (χ0) is 44.2. The number of hydrogen-bond acceptors (Lipinski definition) is 6. The van der Waals surface area contributed by atoms with Gasteiger partial charge in [-0.05, 0) is 92.5 Å². The molecule has 6 nitrogen and oxygen atoms in total. The first-order chi connectivity index (χ1) is 31.5. The van der Waals surface area contributed by atoms with E-state index >= 15 is 0 Å². The van der Waals surface area contributed by atoms with Crippen molar-refractivity contribution >= 4 is 85.1 Å². The van der Waals surface area contributed by atoms with Crippen molar-refractivity contribution in [3.8, 4) is 22.3 Å². The largest absolute Gasteiger partial charge is 0.439 e. The minimum Gasteiger partial charge on any atom is -0.439 e. The van der Waals surface area contributed by atoms with Crippen LogP contribution in [0.5, 0.6) is 0 Å². The van der Waals surface area contributed by atoms with Crippen molar-refractivity contribution in [3.63, 3.8) is 0 Å². The molecule has 0 saturated heterocycles. The quantitative estimate of drug-likeness (QED) is 0.155. The van der Waals surface area contributed by atoms with Crippen LogP contribution in [0.3, 0.4) is 0 Å². The predicted octanol–water partition coefficient (Wildman–Crippen LogP) is 12.8. The maximum Gasteiger partial charge on any atom is 0.200 e. The molecule has 2 aliphatic heterocycles. The van der Waals surface area contributed by atoms with Crippen molar-refractivity contribution in [2.75, 3.05) is 9.80 Å². The number of anilines is 6. The highest BCUT2D eigenvalue weighted by atomic mass is 28.3. The van der Waals surface area contributed by atoms with Gasteiger partial charge in [0.25, 0.3) is 0 Å². The van der Waals surface area contributed by atoms with Gasteiger partial charge in [0.1, 0.15) is 11.0 Å². The SMILES string of the molecule is CC(C)(C)c1nc2c(N(c3ccccc3)c3ccccc3)cc3c(c2o1)-c1c(cc(N(c2ccccc2)c2ccccc2)c2nc(C(C)(C)C)oc12)[Si]31c2ccccc2-c2ccccc21.